The molecule has 1 aliphatic rings. The molecule has 4 rings (SSSR count). The highest BCUT2D eigenvalue weighted by Crippen LogP contribution is 2.41. The van der Waals surface area contributed by atoms with Crippen LogP contribution in [-0.2, 0) is 17.8 Å². The number of pyridine rings is 1. The fraction of sp³-hybridized carbons (Fsp3) is 0.250. The lowest BCUT2D eigenvalue weighted by molar-refractivity contribution is -0.123. The molecule has 0 radical (unpaired) electrons. The lowest BCUT2D eigenvalue weighted by atomic mass is 10.0. The predicted octanol–water partition coefficient (Wildman–Crippen LogP) is 4.28. The molecule has 0 aliphatic carbocycles. The van der Waals surface area contributed by atoms with Gasteiger partial charge in [0.25, 0.3) is 5.91 Å². The van der Waals surface area contributed by atoms with Crippen molar-refractivity contribution in [1.82, 2.24) is 10.3 Å². The number of benzene rings is 2. The molecule has 1 amide bonds. The maximum Gasteiger partial charge on any atom is 0.258 e. The van der Waals surface area contributed by atoms with E-state index in [1.165, 1.54) is 0 Å². The Hall–Kier alpha value is -3.54. The Kier molecular flexibility index (Phi) is 5.57. The molecular weight excluding hydrogens is 380 g/mol. The highest BCUT2D eigenvalue weighted by molar-refractivity contribution is 5.77. The van der Waals surface area contributed by atoms with Crippen LogP contribution in [0.25, 0.3) is 0 Å². The van der Waals surface area contributed by atoms with Crippen molar-refractivity contribution in [3.8, 4) is 23.1 Å². The topological polar surface area (TPSA) is 69.7 Å². The van der Waals surface area contributed by atoms with Crippen molar-refractivity contribution in [2.24, 2.45) is 0 Å². The molecule has 1 N–H and O–H groups in total. The summed E-state index contributed by atoms with van der Waals surface area (Å²) in [4.78, 5) is 16.4. The summed E-state index contributed by atoms with van der Waals surface area (Å²) in [5.41, 5.74) is 1.76. The molecule has 3 aromatic rings. The number of para-hydroxylation sites is 1. The lowest BCUT2D eigenvalue weighted by Crippen LogP contribution is -2.28. The number of aromatic nitrogens is 1. The third kappa shape index (κ3) is 4.89. The fourth-order valence-electron chi connectivity index (χ4n) is 3.34. The van der Waals surface area contributed by atoms with E-state index in [2.05, 4.69) is 10.3 Å². The zero-order chi connectivity index (χ0) is 21.0. The number of rotatable bonds is 7. The number of nitrogens with zero attached hydrogens (tertiary/aromatic N) is 1. The number of hydrogen-bond donors (Lipinski definition) is 1. The summed E-state index contributed by atoms with van der Waals surface area (Å²) in [6, 6.07) is 18.8. The number of amides is 1. The maximum atomic E-state index is 12.3. The van der Waals surface area contributed by atoms with Gasteiger partial charge in [-0.3, -0.25) is 4.79 Å². The van der Waals surface area contributed by atoms with Crippen molar-refractivity contribution in [3.63, 3.8) is 0 Å². The first-order chi connectivity index (χ1) is 14.5. The van der Waals surface area contributed by atoms with Gasteiger partial charge in [-0.15, -0.1) is 0 Å². The van der Waals surface area contributed by atoms with Gasteiger partial charge in [-0.05, 0) is 43.7 Å². The minimum absolute atomic E-state index is 0.0790. The Morgan fingerprint density at radius 3 is 2.83 bits per heavy atom. The van der Waals surface area contributed by atoms with Crippen LogP contribution in [0.15, 0.2) is 66.9 Å². The predicted molar refractivity (Wildman–Crippen MR) is 113 cm³/mol. The van der Waals surface area contributed by atoms with Crippen LogP contribution in [0, 0.1) is 0 Å². The van der Waals surface area contributed by atoms with Crippen molar-refractivity contribution in [2.45, 2.75) is 32.4 Å². The molecule has 1 aromatic heterocycles. The van der Waals surface area contributed by atoms with E-state index in [1.54, 1.807) is 12.3 Å². The highest BCUT2D eigenvalue weighted by atomic mass is 16.5. The third-order valence-corrected chi connectivity index (χ3v) is 4.66. The quantitative estimate of drug-likeness (QED) is 0.636. The van der Waals surface area contributed by atoms with Crippen LogP contribution in [0.3, 0.4) is 0 Å². The molecule has 0 saturated heterocycles. The lowest BCUT2D eigenvalue weighted by Gasteiger charge is -2.18. The Balaban J connectivity index is 1.30. The largest absolute Gasteiger partial charge is 0.483 e. The standard InChI is InChI=1S/C24H24N2O4/c1-24(2)14-18-8-6-10-20(23(18)30-24)28-16-21(27)26-15-17-7-5-9-19(13-17)29-22-11-3-4-12-25-22/h3-13H,14-16H2,1-2H3,(H,26,27). The summed E-state index contributed by atoms with van der Waals surface area (Å²) >= 11 is 0. The van der Waals surface area contributed by atoms with Crippen LogP contribution in [0.2, 0.25) is 0 Å². The van der Waals surface area contributed by atoms with E-state index in [1.807, 2.05) is 68.4 Å². The molecule has 1 aliphatic heterocycles. The van der Waals surface area contributed by atoms with Crippen molar-refractivity contribution in [2.75, 3.05) is 6.61 Å². The summed E-state index contributed by atoms with van der Waals surface area (Å²) in [5.74, 6) is 2.30. The van der Waals surface area contributed by atoms with Gasteiger partial charge in [0.05, 0.1) is 0 Å². The van der Waals surface area contributed by atoms with Gasteiger partial charge in [0.15, 0.2) is 18.1 Å². The van der Waals surface area contributed by atoms with E-state index < -0.39 is 0 Å². The van der Waals surface area contributed by atoms with Crippen LogP contribution in [0.5, 0.6) is 23.1 Å². The molecule has 30 heavy (non-hydrogen) atoms. The van der Waals surface area contributed by atoms with Crippen LogP contribution < -0.4 is 19.5 Å². The summed E-state index contributed by atoms with van der Waals surface area (Å²) in [5, 5.41) is 2.87. The average Bonchev–Trinajstić information content (AvgIpc) is 3.06. The van der Waals surface area contributed by atoms with Gasteiger partial charge < -0.3 is 19.5 Å². The first kappa shape index (κ1) is 19.8. The van der Waals surface area contributed by atoms with E-state index in [0.29, 0.717) is 23.9 Å². The Morgan fingerprint density at radius 1 is 1.13 bits per heavy atom. The second-order valence-electron chi connectivity index (χ2n) is 7.77. The van der Waals surface area contributed by atoms with Crippen molar-refractivity contribution >= 4 is 5.91 Å². The van der Waals surface area contributed by atoms with Gasteiger partial charge >= 0.3 is 0 Å². The smallest absolute Gasteiger partial charge is 0.258 e. The molecule has 2 heterocycles. The van der Waals surface area contributed by atoms with Gasteiger partial charge in [-0.2, -0.15) is 0 Å². The van der Waals surface area contributed by atoms with Gasteiger partial charge in [0.2, 0.25) is 5.88 Å². The zero-order valence-electron chi connectivity index (χ0n) is 17.1. The molecule has 6 heteroatoms. The fourth-order valence-corrected chi connectivity index (χ4v) is 3.34. The van der Waals surface area contributed by atoms with Gasteiger partial charge in [-0.25, -0.2) is 4.98 Å². The summed E-state index contributed by atoms with van der Waals surface area (Å²) < 4.78 is 17.4. The number of carbonyl (C=O) groups excluding carboxylic acids is 1. The second kappa shape index (κ2) is 8.45. The Bertz CT molecular complexity index is 1030. The molecular formula is C24H24N2O4. The van der Waals surface area contributed by atoms with Crippen molar-refractivity contribution in [3.05, 3.63) is 78.0 Å². The second-order valence-corrected chi connectivity index (χ2v) is 7.77. The van der Waals surface area contributed by atoms with Crippen molar-refractivity contribution in [1.29, 1.82) is 0 Å². The minimum atomic E-state index is -0.258. The summed E-state index contributed by atoms with van der Waals surface area (Å²) in [6.07, 6.45) is 2.50. The van der Waals surface area contributed by atoms with Crippen LogP contribution in [0.1, 0.15) is 25.0 Å². The summed E-state index contributed by atoms with van der Waals surface area (Å²) in [6.45, 7) is 4.37. The number of nitrogens with one attached hydrogen (secondary N) is 1. The van der Waals surface area contributed by atoms with E-state index in [9.17, 15) is 4.79 Å². The molecule has 0 atom stereocenters. The molecule has 0 spiro atoms. The highest BCUT2D eigenvalue weighted by Gasteiger charge is 2.32. The Morgan fingerprint density at radius 2 is 2.00 bits per heavy atom. The first-order valence-corrected chi connectivity index (χ1v) is 9.87. The Labute approximate surface area is 175 Å². The van der Waals surface area contributed by atoms with Crippen LogP contribution >= 0.6 is 0 Å². The molecule has 0 fully saturated rings. The first-order valence-electron chi connectivity index (χ1n) is 9.87. The molecule has 154 valence electrons. The number of fused-ring (bicyclic) bond motifs is 1. The van der Waals surface area contributed by atoms with Gasteiger partial charge in [-0.1, -0.05) is 30.3 Å². The SMILES string of the molecule is CC1(C)Cc2cccc(OCC(=O)NCc3cccc(Oc4ccccn4)c3)c2O1. The monoisotopic (exact) mass is 404 g/mol. The van der Waals surface area contributed by atoms with E-state index in [-0.39, 0.29) is 18.1 Å². The molecule has 2 aromatic carbocycles. The molecule has 0 unspecified atom stereocenters. The van der Waals surface area contributed by atoms with E-state index in [4.69, 9.17) is 14.2 Å². The van der Waals surface area contributed by atoms with Crippen LogP contribution in [0.4, 0.5) is 0 Å². The number of ether oxygens (including phenoxy) is 3. The van der Waals surface area contributed by atoms with Gasteiger partial charge in [0, 0.05) is 30.8 Å². The molecule has 6 nitrogen and oxygen atoms in total. The molecule has 0 bridgehead atoms. The van der Waals surface area contributed by atoms with Crippen LogP contribution in [-0.4, -0.2) is 23.1 Å². The van der Waals surface area contributed by atoms with Crippen molar-refractivity contribution < 1.29 is 19.0 Å². The third-order valence-electron chi connectivity index (χ3n) is 4.66. The summed E-state index contributed by atoms with van der Waals surface area (Å²) in [7, 11) is 0. The van der Waals surface area contributed by atoms with E-state index in [0.717, 1.165) is 23.3 Å². The average molecular weight is 404 g/mol. The zero-order valence-corrected chi connectivity index (χ0v) is 17.1. The van der Waals surface area contributed by atoms with E-state index >= 15 is 0 Å². The normalized spacial score (nSPS) is 13.8. The molecule has 0 saturated carbocycles. The minimum Gasteiger partial charge on any atom is -0.483 e. The maximum absolute atomic E-state index is 12.3. The van der Waals surface area contributed by atoms with Gasteiger partial charge in [0.1, 0.15) is 11.4 Å². The number of hydrogen-bond acceptors (Lipinski definition) is 5. The number of carbonyl (C=O) groups is 1.